The number of nitrogens with one attached hydrogen (secondary N) is 1. The topological polar surface area (TPSA) is 49.4 Å². The Bertz CT molecular complexity index is 585. The zero-order valence-electron chi connectivity index (χ0n) is 12.8. The summed E-state index contributed by atoms with van der Waals surface area (Å²) in [6.07, 6.45) is 1.60. The lowest BCUT2D eigenvalue weighted by molar-refractivity contribution is 0.382. The molecule has 1 aromatic carbocycles. The van der Waals surface area contributed by atoms with Crippen molar-refractivity contribution in [3.8, 4) is 0 Å². The Balaban J connectivity index is 3.16. The van der Waals surface area contributed by atoms with Crippen molar-refractivity contribution < 1.29 is 8.42 Å². The Morgan fingerprint density at radius 1 is 1.43 bits per heavy atom. The molecule has 0 amide bonds. The van der Waals surface area contributed by atoms with Crippen LogP contribution >= 0.6 is 15.9 Å². The maximum atomic E-state index is 12.7. The van der Waals surface area contributed by atoms with Crippen LogP contribution in [-0.2, 0) is 16.6 Å². The number of hydrogen-bond acceptors (Lipinski definition) is 3. The highest BCUT2D eigenvalue weighted by Crippen LogP contribution is 2.27. The molecule has 0 saturated heterocycles. The molecule has 0 aliphatic heterocycles. The molecule has 21 heavy (non-hydrogen) atoms. The van der Waals surface area contributed by atoms with Crippen molar-refractivity contribution in [1.29, 1.82) is 0 Å². The van der Waals surface area contributed by atoms with Gasteiger partial charge in [-0.2, -0.15) is 4.31 Å². The summed E-state index contributed by atoms with van der Waals surface area (Å²) in [5.41, 5.74) is 1.04. The first-order valence-corrected chi connectivity index (χ1v) is 9.19. The first-order chi connectivity index (χ1) is 9.84. The minimum Gasteiger partial charge on any atom is -0.313 e. The predicted octanol–water partition coefficient (Wildman–Crippen LogP) is 3.14. The molecule has 0 atom stereocenters. The molecular formula is C15H23BrN2O2S. The molecule has 0 unspecified atom stereocenters. The second-order valence-electron chi connectivity index (χ2n) is 5.00. The fraction of sp³-hybridized carbons (Fsp3) is 0.467. The van der Waals surface area contributed by atoms with E-state index in [0.29, 0.717) is 15.9 Å². The minimum atomic E-state index is -3.54. The summed E-state index contributed by atoms with van der Waals surface area (Å²) in [4.78, 5) is 0.290. The molecule has 4 nitrogen and oxygen atoms in total. The van der Waals surface area contributed by atoms with Gasteiger partial charge in [-0.1, -0.05) is 19.1 Å². The fourth-order valence-corrected chi connectivity index (χ4v) is 4.67. The molecule has 1 rings (SSSR count). The minimum absolute atomic E-state index is 0.124. The van der Waals surface area contributed by atoms with E-state index in [0.717, 1.165) is 18.7 Å². The monoisotopic (exact) mass is 374 g/mol. The number of hydrogen-bond donors (Lipinski definition) is 1. The van der Waals surface area contributed by atoms with Gasteiger partial charge in [0.2, 0.25) is 10.0 Å². The van der Waals surface area contributed by atoms with E-state index in [1.54, 1.807) is 12.1 Å². The second kappa shape index (κ2) is 8.08. The summed E-state index contributed by atoms with van der Waals surface area (Å²) in [5, 5.41) is 3.22. The maximum Gasteiger partial charge on any atom is 0.244 e. The summed E-state index contributed by atoms with van der Waals surface area (Å²) in [6, 6.07) is 5.22. The molecule has 1 aromatic rings. The Morgan fingerprint density at radius 3 is 2.57 bits per heavy atom. The van der Waals surface area contributed by atoms with Crippen molar-refractivity contribution in [2.24, 2.45) is 0 Å². The average molecular weight is 375 g/mol. The summed E-state index contributed by atoms with van der Waals surface area (Å²) in [5.74, 6) is 0. The number of benzene rings is 1. The lowest BCUT2D eigenvalue weighted by Crippen LogP contribution is -2.37. The highest BCUT2D eigenvalue weighted by Gasteiger charge is 2.27. The first-order valence-electron chi connectivity index (χ1n) is 6.96. The van der Waals surface area contributed by atoms with Gasteiger partial charge in [0.25, 0.3) is 0 Å². The van der Waals surface area contributed by atoms with Crippen molar-refractivity contribution in [3.05, 3.63) is 40.9 Å². The molecule has 0 fully saturated rings. The van der Waals surface area contributed by atoms with Gasteiger partial charge in [0.15, 0.2) is 0 Å². The van der Waals surface area contributed by atoms with E-state index in [1.807, 2.05) is 32.9 Å². The molecule has 0 heterocycles. The third kappa shape index (κ3) is 4.64. The Hall–Kier alpha value is -0.690. The van der Waals surface area contributed by atoms with Crippen LogP contribution in [0.1, 0.15) is 26.3 Å². The van der Waals surface area contributed by atoms with Crippen LogP contribution in [0, 0.1) is 0 Å². The Labute approximate surface area is 136 Å². The van der Waals surface area contributed by atoms with Crippen LogP contribution in [0.4, 0.5) is 0 Å². The zero-order chi connectivity index (χ0) is 16.0. The van der Waals surface area contributed by atoms with Crippen LogP contribution in [0.3, 0.4) is 0 Å². The Morgan fingerprint density at radius 2 is 2.10 bits per heavy atom. The molecule has 118 valence electrons. The normalized spacial score (nSPS) is 12.1. The molecule has 0 aromatic heterocycles. The average Bonchev–Trinajstić information content (AvgIpc) is 2.41. The predicted molar refractivity (Wildman–Crippen MR) is 90.7 cm³/mol. The van der Waals surface area contributed by atoms with Crippen molar-refractivity contribution in [2.45, 2.75) is 38.3 Å². The largest absolute Gasteiger partial charge is 0.313 e. The SMILES string of the molecule is C=CCN(C(C)C)S(=O)(=O)c1ccc(CNCC)cc1Br. The third-order valence-electron chi connectivity index (χ3n) is 3.05. The van der Waals surface area contributed by atoms with Crippen molar-refractivity contribution in [2.75, 3.05) is 13.1 Å². The van der Waals surface area contributed by atoms with Gasteiger partial charge in [-0.3, -0.25) is 0 Å². The zero-order valence-corrected chi connectivity index (χ0v) is 15.2. The first kappa shape index (κ1) is 18.4. The molecule has 0 spiro atoms. The highest BCUT2D eigenvalue weighted by molar-refractivity contribution is 9.10. The van der Waals surface area contributed by atoms with Gasteiger partial charge in [0.05, 0.1) is 4.90 Å². The van der Waals surface area contributed by atoms with Crippen molar-refractivity contribution >= 4 is 26.0 Å². The van der Waals surface area contributed by atoms with Crippen molar-refractivity contribution in [3.63, 3.8) is 0 Å². The van der Waals surface area contributed by atoms with E-state index >= 15 is 0 Å². The maximum absolute atomic E-state index is 12.7. The van der Waals surface area contributed by atoms with Crippen LogP contribution < -0.4 is 5.32 Å². The number of sulfonamides is 1. The molecule has 6 heteroatoms. The summed E-state index contributed by atoms with van der Waals surface area (Å²) in [6.45, 7) is 11.3. The van der Waals surface area contributed by atoms with Gasteiger partial charge in [-0.25, -0.2) is 8.42 Å². The molecule has 1 N–H and O–H groups in total. The molecular weight excluding hydrogens is 352 g/mol. The fourth-order valence-electron chi connectivity index (χ4n) is 1.97. The lowest BCUT2D eigenvalue weighted by Gasteiger charge is -2.25. The van der Waals surface area contributed by atoms with Crippen molar-refractivity contribution in [1.82, 2.24) is 9.62 Å². The van der Waals surface area contributed by atoms with Gasteiger partial charge in [0, 0.05) is 23.6 Å². The van der Waals surface area contributed by atoms with E-state index in [2.05, 4.69) is 27.8 Å². The van der Waals surface area contributed by atoms with Gasteiger partial charge in [0.1, 0.15) is 0 Å². The highest BCUT2D eigenvalue weighted by atomic mass is 79.9. The molecule has 0 radical (unpaired) electrons. The smallest absolute Gasteiger partial charge is 0.244 e. The standard InChI is InChI=1S/C15H23BrN2O2S/c1-5-9-18(12(3)4)21(19,20)15-8-7-13(10-14(15)16)11-17-6-2/h5,7-8,10,12,17H,1,6,9,11H2,2-4H3. The van der Waals surface area contributed by atoms with Crippen LogP contribution in [0.25, 0.3) is 0 Å². The van der Waals surface area contributed by atoms with Gasteiger partial charge < -0.3 is 5.32 Å². The molecule has 0 aliphatic rings. The summed E-state index contributed by atoms with van der Waals surface area (Å²) in [7, 11) is -3.54. The molecule has 0 bridgehead atoms. The molecule has 0 aliphatic carbocycles. The van der Waals surface area contributed by atoms with Gasteiger partial charge >= 0.3 is 0 Å². The van der Waals surface area contributed by atoms with E-state index in [4.69, 9.17) is 0 Å². The van der Waals surface area contributed by atoms with Crippen LogP contribution in [0.5, 0.6) is 0 Å². The van der Waals surface area contributed by atoms with Crippen LogP contribution in [0.15, 0.2) is 40.2 Å². The van der Waals surface area contributed by atoms with E-state index < -0.39 is 10.0 Å². The number of nitrogens with zero attached hydrogens (tertiary/aromatic N) is 1. The van der Waals surface area contributed by atoms with E-state index in [9.17, 15) is 8.42 Å². The third-order valence-corrected chi connectivity index (χ3v) is 6.07. The quantitative estimate of drug-likeness (QED) is 0.711. The summed E-state index contributed by atoms with van der Waals surface area (Å²) >= 11 is 3.38. The second-order valence-corrected chi connectivity index (χ2v) is 7.72. The molecule has 0 saturated carbocycles. The van der Waals surface area contributed by atoms with E-state index in [-0.39, 0.29) is 6.04 Å². The van der Waals surface area contributed by atoms with Gasteiger partial charge in [-0.15, -0.1) is 6.58 Å². The summed E-state index contributed by atoms with van der Waals surface area (Å²) < 4.78 is 27.5. The number of rotatable bonds is 8. The van der Waals surface area contributed by atoms with Gasteiger partial charge in [-0.05, 0) is 54.0 Å². The van der Waals surface area contributed by atoms with E-state index in [1.165, 1.54) is 4.31 Å². The van der Waals surface area contributed by atoms with Crippen LogP contribution in [0.2, 0.25) is 0 Å². The lowest BCUT2D eigenvalue weighted by atomic mass is 10.2. The van der Waals surface area contributed by atoms with Crippen LogP contribution in [-0.4, -0.2) is 31.9 Å². The Kier molecular flexibility index (Phi) is 7.06. The number of halogens is 1.